The number of fused-ring (bicyclic) bond motifs is 1. The van der Waals surface area contributed by atoms with E-state index in [0.717, 1.165) is 30.4 Å². The summed E-state index contributed by atoms with van der Waals surface area (Å²) in [6.45, 7) is 2.07. The van der Waals surface area contributed by atoms with E-state index in [1.54, 1.807) is 12.1 Å². The molecule has 1 aromatic heterocycles. The number of halogens is 2. The first-order valence-electron chi connectivity index (χ1n) is 8.02. The van der Waals surface area contributed by atoms with Gasteiger partial charge in [0.25, 0.3) is 0 Å². The largest absolute Gasteiger partial charge is 0.315 e. The number of aryl methyl sites for hydroxylation is 1. The lowest BCUT2D eigenvalue weighted by Crippen LogP contribution is -2.30. The summed E-state index contributed by atoms with van der Waals surface area (Å²) in [6.07, 6.45) is 3.01. The number of carbonyl (C=O) groups is 1. The average Bonchev–Trinajstić information content (AvgIpc) is 3.13. The Morgan fingerprint density at radius 1 is 1.40 bits per heavy atom. The first-order chi connectivity index (χ1) is 12.0. The molecule has 0 spiro atoms. The lowest BCUT2D eigenvalue weighted by atomic mass is 10.1. The van der Waals surface area contributed by atoms with Crippen molar-refractivity contribution in [2.75, 3.05) is 11.9 Å². The van der Waals surface area contributed by atoms with Crippen LogP contribution in [0.3, 0.4) is 0 Å². The molecule has 1 unspecified atom stereocenters. The highest BCUT2D eigenvalue weighted by molar-refractivity contribution is 7.16. The van der Waals surface area contributed by atoms with Gasteiger partial charge in [0.2, 0.25) is 5.91 Å². The Hall–Kier alpha value is -1.58. The molecule has 1 aliphatic rings. The highest BCUT2D eigenvalue weighted by atomic mass is 35.5. The zero-order valence-electron chi connectivity index (χ0n) is 13.7. The summed E-state index contributed by atoms with van der Waals surface area (Å²) < 4.78 is 0. The number of nitriles is 1. The Balaban J connectivity index is 1.61. The van der Waals surface area contributed by atoms with E-state index in [4.69, 9.17) is 23.2 Å². The van der Waals surface area contributed by atoms with Crippen molar-refractivity contribution in [3.05, 3.63) is 49.8 Å². The first-order valence-corrected chi connectivity index (χ1v) is 9.59. The monoisotopic (exact) mass is 393 g/mol. The van der Waals surface area contributed by atoms with Gasteiger partial charge in [-0.25, -0.2) is 0 Å². The van der Waals surface area contributed by atoms with Gasteiger partial charge in [0.15, 0.2) is 0 Å². The second-order valence-corrected chi connectivity index (χ2v) is 7.94. The predicted octanol–water partition coefficient (Wildman–Crippen LogP) is 4.70. The van der Waals surface area contributed by atoms with E-state index in [1.165, 1.54) is 16.2 Å². The molecule has 25 heavy (non-hydrogen) atoms. The summed E-state index contributed by atoms with van der Waals surface area (Å²) in [5.41, 5.74) is 2.61. The lowest BCUT2D eigenvalue weighted by Gasteiger charge is -2.15. The number of rotatable bonds is 5. The average molecular weight is 394 g/mol. The molecule has 7 heteroatoms. The molecular formula is C18H17Cl2N3OS. The van der Waals surface area contributed by atoms with Crippen LogP contribution in [0, 0.1) is 11.3 Å². The second kappa shape index (κ2) is 7.76. The minimum absolute atomic E-state index is 0.0979. The van der Waals surface area contributed by atoms with Crippen LogP contribution in [0.25, 0.3) is 0 Å². The minimum Gasteiger partial charge on any atom is -0.315 e. The van der Waals surface area contributed by atoms with Gasteiger partial charge in [0, 0.05) is 21.0 Å². The molecule has 1 heterocycles. The summed E-state index contributed by atoms with van der Waals surface area (Å²) in [4.78, 5) is 13.5. The third-order valence-corrected chi connectivity index (χ3v) is 6.05. The maximum absolute atomic E-state index is 12.3. The van der Waals surface area contributed by atoms with Crippen LogP contribution in [-0.4, -0.2) is 12.5 Å². The molecule has 0 saturated carbocycles. The van der Waals surface area contributed by atoms with Crippen molar-refractivity contribution < 1.29 is 4.79 Å². The number of benzene rings is 1. The van der Waals surface area contributed by atoms with Gasteiger partial charge in [-0.3, -0.25) is 4.79 Å². The number of anilines is 1. The standard InChI is InChI=1S/C18H17Cl2N3OS/c1-10(12-6-5-11(19)7-15(12)20)22-9-17(24)23-18-14(8-21)13-3-2-4-16(13)25-18/h5-7,10,22H,2-4,9H2,1H3,(H,23,24). The van der Waals surface area contributed by atoms with Crippen LogP contribution in [0.5, 0.6) is 0 Å². The van der Waals surface area contributed by atoms with Crippen LogP contribution < -0.4 is 10.6 Å². The van der Waals surface area contributed by atoms with Crippen molar-refractivity contribution in [3.8, 4) is 6.07 Å². The molecule has 0 bridgehead atoms. The highest BCUT2D eigenvalue weighted by Crippen LogP contribution is 2.38. The molecule has 0 fully saturated rings. The van der Waals surface area contributed by atoms with Gasteiger partial charge in [0.05, 0.1) is 12.1 Å². The summed E-state index contributed by atoms with van der Waals surface area (Å²) in [5.74, 6) is -0.173. The predicted molar refractivity (Wildman–Crippen MR) is 103 cm³/mol. The van der Waals surface area contributed by atoms with Crippen LogP contribution in [0.1, 0.15) is 41.0 Å². The summed E-state index contributed by atoms with van der Waals surface area (Å²) in [5, 5.41) is 17.2. The van der Waals surface area contributed by atoms with E-state index in [2.05, 4.69) is 16.7 Å². The van der Waals surface area contributed by atoms with E-state index in [9.17, 15) is 10.1 Å². The van der Waals surface area contributed by atoms with Crippen molar-refractivity contribution >= 4 is 45.4 Å². The number of hydrogen-bond donors (Lipinski definition) is 2. The van der Waals surface area contributed by atoms with Gasteiger partial charge in [0.1, 0.15) is 11.1 Å². The van der Waals surface area contributed by atoms with Crippen LogP contribution >= 0.6 is 34.5 Å². The topological polar surface area (TPSA) is 64.9 Å². The lowest BCUT2D eigenvalue weighted by molar-refractivity contribution is -0.115. The van der Waals surface area contributed by atoms with Crippen LogP contribution in [-0.2, 0) is 17.6 Å². The molecule has 1 atom stereocenters. The van der Waals surface area contributed by atoms with Crippen molar-refractivity contribution in [2.24, 2.45) is 0 Å². The molecule has 0 aliphatic heterocycles. The van der Waals surface area contributed by atoms with Gasteiger partial charge in [-0.05, 0) is 49.4 Å². The SMILES string of the molecule is CC(NCC(=O)Nc1sc2c(c1C#N)CCC2)c1ccc(Cl)cc1Cl. The fourth-order valence-corrected chi connectivity index (χ4v) is 4.82. The maximum Gasteiger partial charge on any atom is 0.238 e. The molecule has 3 rings (SSSR count). The third-order valence-electron chi connectivity index (χ3n) is 4.28. The second-order valence-electron chi connectivity index (χ2n) is 5.99. The Morgan fingerprint density at radius 2 is 2.20 bits per heavy atom. The molecule has 2 N–H and O–H groups in total. The van der Waals surface area contributed by atoms with Crippen LogP contribution in [0.15, 0.2) is 18.2 Å². The van der Waals surface area contributed by atoms with Crippen LogP contribution in [0.2, 0.25) is 10.0 Å². The molecule has 1 aliphatic carbocycles. The van der Waals surface area contributed by atoms with E-state index in [0.29, 0.717) is 20.6 Å². The number of carbonyl (C=O) groups excluding carboxylic acids is 1. The van der Waals surface area contributed by atoms with Gasteiger partial charge in [-0.2, -0.15) is 5.26 Å². The molecule has 2 aromatic rings. The molecular weight excluding hydrogens is 377 g/mol. The normalized spacial score (nSPS) is 14.0. The Kier molecular flexibility index (Phi) is 5.65. The van der Waals surface area contributed by atoms with Crippen molar-refractivity contribution in [2.45, 2.75) is 32.2 Å². The fraction of sp³-hybridized carbons (Fsp3) is 0.333. The number of hydrogen-bond acceptors (Lipinski definition) is 4. The van der Waals surface area contributed by atoms with E-state index in [1.807, 2.05) is 13.0 Å². The van der Waals surface area contributed by atoms with Gasteiger partial charge in [-0.1, -0.05) is 29.3 Å². The van der Waals surface area contributed by atoms with E-state index >= 15 is 0 Å². The van der Waals surface area contributed by atoms with Crippen molar-refractivity contribution in [1.82, 2.24) is 5.32 Å². The molecule has 1 amide bonds. The van der Waals surface area contributed by atoms with E-state index in [-0.39, 0.29) is 18.5 Å². The Morgan fingerprint density at radius 3 is 2.92 bits per heavy atom. The van der Waals surface area contributed by atoms with Crippen molar-refractivity contribution in [3.63, 3.8) is 0 Å². The fourth-order valence-electron chi connectivity index (χ4n) is 2.99. The highest BCUT2D eigenvalue weighted by Gasteiger charge is 2.23. The number of nitrogens with one attached hydrogen (secondary N) is 2. The summed E-state index contributed by atoms with van der Waals surface area (Å²) >= 11 is 13.6. The first kappa shape index (κ1) is 18.2. The van der Waals surface area contributed by atoms with Gasteiger partial charge >= 0.3 is 0 Å². The zero-order valence-corrected chi connectivity index (χ0v) is 16.0. The van der Waals surface area contributed by atoms with E-state index < -0.39 is 0 Å². The molecule has 0 radical (unpaired) electrons. The molecule has 1 aromatic carbocycles. The molecule has 0 saturated heterocycles. The van der Waals surface area contributed by atoms with Gasteiger partial charge in [-0.15, -0.1) is 11.3 Å². The molecule has 4 nitrogen and oxygen atoms in total. The Bertz CT molecular complexity index is 857. The maximum atomic E-state index is 12.3. The zero-order chi connectivity index (χ0) is 18.0. The van der Waals surface area contributed by atoms with Crippen LogP contribution in [0.4, 0.5) is 5.00 Å². The van der Waals surface area contributed by atoms with Crippen molar-refractivity contribution in [1.29, 1.82) is 5.26 Å². The number of thiophene rings is 1. The van der Waals surface area contributed by atoms with Gasteiger partial charge < -0.3 is 10.6 Å². The third kappa shape index (κ3) is 3.99. The number of amides is 1. The summed E-state index contributed by atoms with van der Waals surface area (Å²) in [7, 11) is 0. The summed E-state index contributed by atoms with van der Waals surface area (Å²) in [6, 6.07) is 7.43. The number of nitrogens with zero attached hydrogens (tertiary/aromatic N) is 1. The minimum atomic E-state index is -0.173. The quantitative estimate of drug-likeness (QED) is 0.772. The molecule has 130 valence electrons. The Labute approximate surface area is 160 Å². The smallest absolute Gasteiger partial charge is 0.238 e.